The molecule has 0 saturated heterocycles. The van der Waals surface area contributed by atoms with Crippen LogP contribution in [-0.2, 0) is 19.1 Å². The third-order valence-electron chi connectivity index (χ3n) is 4.17. The first-order valence-corrected chi connectivity index (χ1v) is 7.62. The van der Waals surface area contributed by atoms with Gasteiger partial charge in [-0.2, -0.15) is 26.3 Å². The molecule has 1 saturated carbocycles. The van der Waals surface area contributed by atoms with Gasteiger partial charge in [-0.05, 0) is 13.8 Å². The SMILES string of the molecule is C=C(C)C(=O)OCC1(F)C(F)C(F)(F)C(F)(COC(=O)C(=C)C)C(F)(F)C1(F)F. The second-order valence-electron chi connectivity index (χ2n) is 6.51. The van der Waals surface area contributed by atoms with Crippen molar-refractivity contribution < 1.29 is 58.6 Å². The molecule has 0 aromatic rings. The van der Waals surface area contributed by atoms with Gasteiger partial charge in [-0.3, -0.25) is 0 Å². The highest BCUT2D eigenvalue weighted by Gasteiger charge is 2.94. The first-order chi connectivity index (χ1) is 12.8. The Morgan fingerprint density at radius 2 is 1.17 bits per heavy atom. The van der Waals surface area contributed by atoms with Gasteiger partial charge in [0.05, 0.1) is 0 Å². The van der Waals surface area contributed by atoms with Gasteiger partial charge < -0.3 is 9.47 Å². The van der Waals surface area contributed by atoms with Crippen LogP contribution in [0.1, 0.15) is 13.8 Å². The average Bonchev–Trinajstić information content (AvgIpc) is 2.60. The molecule has 0 aliphatic heterocycles. The Kier molecular flexibility index (Phi) is 6.20. The number of carbonyl (C=O) groups is 2. The second kappa shape index (κ2) is 7.24. The topological polar surface area (TPSA) is 52.6 Å². The zero-order valence-corrected chi connectivity index (χ0v) is 14.9. The van der Waals surface area contributed by atoms with Gasteiger partial charge in [0.2, 0.25) is 6.17 Å². The molecule has 13 heteroatoms. The fourth-order valence-electron chi connectivity index (χ4n) is 2.30. The summed E-state index contributed by atoms with van der Waals surface area (Å²) in [6.45, 7) is 2.33. The molecule has 29 heavy (non-hydrogen) atoms. The Labute approximate surface area is 158 Å². The summed E-state index contributed by atoms with van der Waals surface area (Å²) < 4.78 is 136. The second-order valence-corrected chi connectivity index (χ2v) is 6.51. The van der Waals surface area contributed by atoms with Crippen molar-refractivity contribution in [3.63, 3.8) is 0 Å². The van der Waals surface area contributed by atoms with E-state index in [1.807, 2.05) is 0 Å². The van der Waals surface area contributed by atoms with Crippen molar-refractivity contribution in [2.75, 3.05) is 13.2 Å². The molecule has 0 radical (unpaired) electrons. The van der Waals surface area contributed by atoms with E-state index >= 15 is 0 Å². The molecule has 4 nitrogen and oxygen atoms in total. The summed E-state index contributed by atoms with van der Waals surface area (Å²) in [5.74, 6) is -22.6. The fraction of sp³-hybridized carbons (Fsp3) is 0.625. The normalized spacial score (nSPS) is 32.2. The number of ether oxygens (including phenoxy) is 2. The minimum absolute atomic E-state index is 0.576. The van der Waals surface area contributed by atoms with Crippen LogP contribution in [0.5, 0.6) is 0 Å². The van der Waals surface area contributed by atoms with E-state index in [0.717, 1.165) is 13.8 Å². The Morgan fingerprint density at radius 1 is 0.793 bits per heavy atom. The molecule has 1 aliphatic carbocycles. The van der Waals surface area contributed by atoms with Gasteiger partial charge in [0.15, 0.2) is 0 Å². The molecule has 3 unspecified atom stereocenters. The lowest BCUT2D eigenvalue weighted by Gasteiger charge is -2.52. The van der Waals surface area contributed by atoms with E-state index in [-0.39, 0.29) is 0 Å². The molecule has 0 amide bonds. The third kappa shape index (κ3) is 3.37. The standard InChI is InChI=1S/C16H15F9O4/c1-7(2)9(26)28-5-12(18)11(17)14(20,21)13(19,6-29-10(27)8(3)4)16(24,25)15(12,22)23/h11H,1,3,5-6H2,2,4H3. The lowest BCUT2D eigenvalue weighted by molar-refractivity contribution is -0.418. The Hall–Kier alpha value is -2.21. The highest BCUT2D eigenvalue weighted by Crippen LogP contribution is 2.64. The van der Waals surface area contributed by atoms with Crippen LogP contribution in [0.3, 0.4) is 0 Å². The van der Waals surface area contributed by atoms with Crippen LogP contribution in [0.25, 0.3) is 0 Å². The van der Waals surface area contributed by atoms with Gasteiger partial charge in [-0.15, -0.1) is 0 Å². The van der Waals surface area contributed by atoms with Gasteiger partial charge in [0, 0.05) is 11.1 Å². The molecule has 166 valence electrons. The van der Waals surface area contributed by atoms with Crippen LogP contribution < -0.4 is 0 Å². The number of rotatable bonds is 6. The first kappa shape index (κ1) is 24.8. The number of carbonyl (C=O) groups excluding carboxylic acids is 2. The molecule has 0 N–H and O–H groups in total. The van der Waals surface area contributed by atoms with Crippen LogP contribution in [0.2, 0.25) is 0 Å². The van der Waals surface area contributed by atoms with Gasteiger partial charge in [-0.1, -0.05) is 13.2 Å². The van der Waals surface area contributed by atoms with E-state index in [1.165, 1.54) is 0 Å². The van der Waals surface area contributed by atoms with Gasteiger partial charge in [0.1, 0.15) is 13.2 Å². The maximum absolute atomic E-state index is 14.6. The summed E-state index contributed by atoms with van der Waals surface area (Å²) in [5, 5.41) is 0. The summed E-state index contributed by atoms with van der Waals surface area (Å²) in [7, 11) is 0. The molecule has 0 aromatic carbocycles. The van der Waals surface area contributed by atoms with Crippen molar-refractivity contribution in [1.82, 2.24) is 0 Å². The van der Waals surface area contributed by atoms with Crippen LogP contribution in [0.15, 0.2) is 24.3 Å². The number of hydrogen-bond acceptors (Lipinski definition) is 4. The monoisotopic (exact) mass is 442 g/mol. The molecule has 1 aliphatic rings. The number of hydrogen-bond donors (Lipinski definition) is 0. The van der Waals surface area contributed by atoms with Crippen molar-refractivity contribution in [1.29, 1.82) is 0 Å². The predicted octanol–water partition coefficient (Wildman–Crippen LogP) is 3.90. The van der Waals surface area contributed by atoms with Crippen molar-refractivity contribution in [2.45, 2.75) is 49.1 Å². The summed E-state index contributed by atoms with van der Waals surface area (Å²) >= 11 is 0. The highest BCUT2D eigenvalue weighted by atomic mass is 19.3. The predicted molar refractivity (Wildman–Crippen MR) is 79.0 cm³/mol. The maximum Gasteiger partial charge on any atom is 0.356 e. The third-order valence-corrected chi connectivity index (χ3v) is 4.17. The molecule has 0 bridgehead atoms. The fourth-order valence-corrected chi connectivity index (χ4v) is 2.30. The maximum atomic E-state index is 14.6. The van der Waals surface area contributed by atoms with Gasteiger partial charge in [0.25, 0.3) is 11.3 Å². The van der Waals surface area contributed by atoms with Crippen LogP contribution in [0, 0.1) is 0 Å². The summed E-state index contributed by atoms with van der Waals surface area (Å²) in [6, 6.07) is 0. The van der Waals surface area contributed by atoms with E-state index in [2.05, 4.69) is 22.6 Å². The first-order valence-electron chi connectivity index (χ1n) is 7.62. The van der Waals surface area contributed by atoms with E-state index in [4.69, 9.17) is 0 Å². The Balaban J connectivity index is 3.46. The van der Waals surface area contributed by atoms with Crippen molar-refractivity contribution >= 4 is 11.9 Å². The lowest BCUT2D eigenvalue weighted by Crippen LogP contribution is -2.83. The average molecular weight is 442 g/mol. The van der Waals surface area contributed by atoms with E-state index < -0.39 is 71.6 Å². The zero-order valence-electron chi connectivity index (χ0n) is 14.9. The summed E-state index contributed by atoms with van der Waals surface area (Å²) in [6.07, 6.45) is -4.92. The smallest absolute Gasteiger partial charge is 0.356 e. The highest BCUT2D eigenvalue weighted by molar-refractivity contribution is 5.87. The van der Waals surface area contributed by atoms with E-state index in [9.17, 15) is 49.1 Å². The minimum Gasteiger partial charge on any atom is -0.459 e. The molecule has 3 atom stereocenters. The quantitative estimate of drug-likeness (QED) is 0.356. The van der Waals surface area contributed by atoms with Crippen molar-refractivity contribution in [2.24, 2.45) is 0 Å². The molecular weight excluding hydrogens is 427 g/mol. The van der Waals surface area contributed by atoms with E-state index in [0.29, 0.717) is 0 Å². The largest absolute Gasteiger partial charge is 0.459 e. The number of halogens is 9. The van der Waals surface area contributed by atoms with Gasteiger partial charge in [-0.25, -0.2) is 22.8 Å². The Bertz CT molecular complexity index is 736. The lowest BCUT2D eigenvalue weighted by atomic mass is 9.68. The molecule has 0 spiro atoms. The molecular formula is C16H15F9O4. The van der Waals surface area contributed by atoms with Gasteiger partial charge >= 0.3 is 29.7 Å². The zero-order chi connectivity index (χ0) is 23.2. The van der Waals surface area contributed by atoms with Crippen LogP contribution >= 0.6 is 0 Å². The number of alkyl halides is 9. The number of esters is 2. The molecule has 0 heterocycles. The van der Waals surface area contributed by atoms with Crippen molar-refractivity contribution in [3.05, 3.63) is 24.3 Å². The summed E-state index contributed by atoms with van der Waals surface area (Å²) in [4.78, 5) is 22.3. The summed E-state index contributed by atoms with van der Waals surface area (Å²) in [5.41, 5.74) is -12.6. The Morgan fingerprint density at radius 3 is 1.55 bits per heavy atom. The van der Waals surface area contributed by atoms with Crippen LogP contribution in [0.4, 0.5) is 39.5 Å². The van der Waals surface area contributed by atoms with Crippen molar-refractivity contribution in [3.8, 4) is 0 Å². The minimum atomic E-state index is -6.61. The molecule has 0 aromatic heterocycles. The molecule has 1 fully saturated rings. The van der Waals surface area contributed by atoms with Crippen LogP contribution in [-0.4, -0.2) is 60.4 Å². The van der Waals surface area contributed by atoms with E-state index in [1.54, 1.807) is 0 Å². The molecule has 1 rings (SSSR count).